The highest BCUT2D eigenvalue weighted by Gasteiger charge is 2.33. The number of carbonyl (C=O) groups is 2. The fourth-order valence-electron chi connectivity index (χ4n) is 3.20. The molecule has 0 aliphatic rings. The predicted octanol–water partition coefficient (Wildman–Crippen LogP) is 4.52. The summed E-state index contributed by atoms with van der Waals surface area (Å²) >= 11 is 0. The molecule has 0 heterocycles. The van der Waals surface area contributed by atoms with Crippen LogP contribution in [0.15, 0.2) is 60.7 Å². The molecule has 0 spiro atoms. The van der Waals surface area contributed by atoms with Crippen molar-refractivity contribution in [3.63, 3.8) is 0 Å². The molecule has 2 aromatic carbocycles. The maximum atomic E-state index is 12.8. The standard InChI is InChI=1S/C27H38N2O4/c1-18(21(19-14-10-8-11-15-19)28-24(31)26(2,3)4)33-23(30)22(20-16-12-9-13-17-20)29-25(32)27(5,6)7/h8-18,21-23,30H,1-7H3,(H,28,31)(H,29,32)/t18-,21-,22?,23?/m0/s1. The summed E-state index contributed by atoms with van der Waals surface area (Å²) in [7, 11) is 0. The van der Waals surface area contributed by atoms with Crippen LogP contribution in [0.3, 0.4) is 0 Å². The van der Waals surface area contributed by atoms with Gasteiger partial charge in [0.2, 0.25) is 11.8 Å². The molecule has 180 valence electrons. The maximum Gasteiger partial charge on any atom is 0.226 e. The number of benzene rings is 2. The van der Waals surface area contributed by atoms with Crippen molar-refractivity contribution in [2.45, 2.75) is 72.9 Å². The fraction of sp³-hybridized carbons (Fsp3) is 0.481. The zero-order valence-corrected chi connectivity index (χ0v) is 20.8. The number of hydrogen-bond donors (Lipinski definition) is 3. The Hall–Kier alpha value is -2.70. The molecule has 0 aliphatic heterocycles. The Balaban J connectivity index is 2.29. The largest absolute Gasteiger partial charge is 0.366 e. The maximum absolute atomic E-state index is 12.8. The van der Waals surface area contributed by atoms with E-state index in [9.17, 15) is 14.7 Å². The molecule has 2 aromatic rings. The Labute approximate surface area is 197 Å². The van der Waals surface area contributed by atoms with E-state index in [2.05, 4.69) is 10.6 Å². The number of ether oxygens (including phenoxy) is 1. The number of hydrogen-bond acceptors (Lipinski definition) is 4. The van der Waals surface area contributed by atoms with E-state index in [0.717, 1.165) is 11.1 Å². The molecule has 0 fully saturated rings. The number of nitrogens with one attached hydrogen (secondary N) is 2. The molecular weight excluding hydrogens is 416 g/mol. The first kappa shape index (κ1) is 26.6. The predicted molar refractivity (Wildman–Crippen MR) is 130 cm³/mol. The molecule has 4 atom stereocenters. The van der Waals surface area contributed by atoms with Crippen LogP contribution in [0.5, 0.6) is 0 Å². The molecule has 0 aromatic heterocycles. The van der Waals surface area contributed by atoms with Crippen LogP contribution in [0.1, 0.15) is 71.7 Å². The normalized spacial score (nSPS) is 15.8. The lowest BCUT2D eigenvalue weighted by atomic mass is 9.93. The van der Waals surface area contributed by atoms with Crippen LogP contribution < -0.4 is 10.6 Å². The molecule has 0 radical (unpaired) electrons. The second-order valence-electron chi connectivity index (χ2n) is 10.5. The minimum atomic E-state index is -1.33. The van der Waals surface area contributed by atoms with Crippen molar-refractivity contribution in [1.82, 2.24) is 10.6 Å². The summed E-state index contributed by atoms with van der Waals surface area (Å²) in [6.45, 7) is 12.8. The monoisotopic (exact) mass is 454 g/mol. The van der Waals surface area contributed by atoms with E-state index in [1.54, 1.807) is 6.92 Å². The van der Waals surface area contributed by atoms with Crippen molar-refractivity contribution in [3.05, 3.63) is 71.8 Å². The van der Waals surface area contributed by atoms with Gasteiger partial charge in [-0.1, -0.05) is 102 Å². The lowest BCUT2D eigenvalue weighted by molar-refractivity contribution is -0.165. The summed E-state index contributed by atoms with van der Waals surface area (Å²) in [4.78, 5) is 25.5. The third-order valence-corrected chi connectivity index (χ3v) is 5.36. The SMILES string of the molecule is C[C@H](OC(O)C(NC(=O)C(C)(C)C)c1ccccc1)[C@H](NC(=O)C(C)(C)C)c1ccccc1. The van der Waals surface area contributed by atoms with Crippen LogP contribution in [0.4, 0.5) is 0 Å². The highest BCUT2D eigenvalue weighted by molar-refractivity contribution is 5.82. The molecule has 6 heteroatoms. The van der Waals surface area contributed by atoms with Crippen LogP contribution in [0, 0.1) is 10.8 Å². The van der Waals surface area contributed by atoms with Crippen LogP contribution in [-0.4, -0.2) is 29.3 Å². The smallest absolute Gasteiger partial charge is 0.226 e. The van der Waals surface area contributed by atoms with Crippen LogP contribution in [0.25, 0.3) is 0 Å². The first-order valence-electron chi connectivity index (χ1n) is 11.4. The molecule has 0 aliphatic carbocycles. The van der Waals surface area contributed by atoms with Gasteiger partial charge in [0.15, 0.2) is 6.29 Å². The molecule has 0 saturated carbocycles. The second kappa shape index (κ2) is 10.9. The van der Waals surface area contributed by atoms with E-state index in [0.29, 0.717) is 0 Å². The van der Waals surface area contributed by atoms with E-state index in [1.807, 2.05) is 102 Å². The Kier molecular flexibility index (Phi) is 8.81. The van der Waals surface area contributed by atoms with Gasteiger partial charge in [0, 0.05) is 10.8 Å². The number of rotatable bonds is 8. The topological polar surface area (TPSA) is 87.7 Å². The molecule has 3 N–H and O–H groups in total. The number of amides is 2. The highest BCUT2D eigenvalue weighted by atomic mass is 16.6. The first-order chi connectivity index (χ1) is 15.3. The third-order valence-electron chi connectivity index (χ3n) is 5.36. The summed E-state index contributed by atoms with van der Waals surface area (Å²) in [5.41, 5.74) is 0.374. The molecule has 2 rings (SSSR count). The minimum absolute atomic E-state index is 0.123. The van der Waals surface area contributed by atoms with Gasteiger partial charge < -0.3 is 20.5 Å². The Bertz CT molecular complexity index is 826. The first-order valence-corrected chi connectivity index (χ1v) is 11.4. The summed E-state index contributed by atoms with van der Waals surface area (Å²) < 4.78 is 6.04. The molecule has 33 heavy (non-hydrogen) atoms. The van der Waals surface area contributed by atoms with E-state index >= 15 is 0 Å². The van der Waals surface area contributed by atoms with E-state index in [1.165, 1.54) is 0 Å². The van der Waals surface area contributed by atoms with Gasteiger partial charge in [-0.05, 0) is 18.1 Å². The summed E-state index contributed by atoms with van der Waals surface area (Å²) in [6, 6.07) is 17.5. The minimum Gasteiger partial charge on any atom is -0.366 e. The molecule has 2 unspecified atom stereocenters. The van der Waals surface area contributed by atoms with Gasteiger partial charge in [-0.15, -0.1) is 0 Å². The van der Waals surface area contributed by atoms with Crippen molar-refractivity contribution in [1.29, 1.82) is 0 Å². The average molecular weight is 455 g/mol. The molecule has 6 nitrogen and oxygen atoms in total. The van der Waals surface area contributed by atoms with Crippen LogP contribution in [0.2, 0.25) is 0 Å². The zero-order valence-electron chi connectivity index (χ0n) is 20.8. The Morgan fingerprint density at radius 3 is 1.48 bits per heavy atom. The van der Waals surface area contributed by atoms with Gasteiger partial charge in [-0.25, -0.2) is 0 Å². The lowest BCUT2D eigenvalue weighted by Crippen LogP contribution is -2.46. The number of carbonyl (C=O) groups excluding carboxylic acids is 2. The third kappa shape index (κ3) is 7.69. The van der Waals surface area contributed by atoms with Gasteiger partial charge in [0.1, 0.15) is 6.04 Å². The van der Waals surface area contributed by atoms with E-state index < -0.39 is 35.3 Å². The van der Waals surface area contributed by atoms with Crippen molar-refractivity contribution in [2.24, 2.45) is 10.8 Å². The van der Waals surface area contributed by atoms with Gasteiger partial charge in [0.25, 0.3) is 0 Å². The van der Waals surface area contributed by atoms with Crippen molar-refractivity contribution < 1.29 is 19.4 Å². The summed E-state index contributed by atoms with van der Waals surface area (Å²) in [5, 5.41) is 17.1. The van der Waals surface area contributed by atoms with Gasteiger partial charge >= 0.3 is 0 Å². The van der Waals surface area contributed by atoms with E-state index in [4.69, 9.17) is 4.74 Å². The number of aliphatic hydroxyl groups is 1. The Morgan fingerprint density at radius 2 is 1.09 bits per heavy atom. The second-order valence-corrected chi connectivity index (χ2v) is 10.5. The number of aliphatic hydroxyl groups excluding tert-OH is 1. The summed E-state index contributed by atoms with van der Waals surface area (Å²) in [5.74, 6) is -0.325. The Morgan fingerprint density at radius 1 is 0.727 bits per heavy atom. The van der Waals surface area contributed by atoms with Gasteiger partial charge in [-0.2, -0.15) is 0 Å². The molecule has 0 bridgehead atoms. The molecule has 2 amide bonds. The zero-order chi connectivity index (χ0) is 24.8. The van der Waals surface area contributed by atoms with Gasteiger partial charge in [0.05, 0.1) is 12.1 Å². The van der Waals surface area contributed by atoms with Crippen molar-refractivity contribution >= 4 is 11.8 Å². The van der Waals surface area contributed by atoms with Crippen molar-refractivity contribution in [3.8, 4) is 0 Å². The summed E-state index contributed by atoms with van der Waals surface area (Å²) in [6.07, 6.45) is -1.90. The molecule has 0 saturated heterocycles. The quantitative estimate of drug-likeness (QED) is 0.512. The highest BCUT2D eigenvalue weighted by Crippen LogP contribution is 2.27. The lowest BCUT2D eigenvalue weighted by Gasteiger charge is -2.33. The fourth-order valence-corrected chi connectivity index (χ4v) is 3.20. The molecular formula is C27H38N2O4. The van der Waals surface area contributed by atoms with Crippen LogP contribution >= 0.6 is 0 Å². The van der Waals surface area contributed by atoms with Crippen molar-refractivity contribution in [2.75, 3.05) is 0 Å². The van der Waals surface area contributed by atoms with Gasteiger partial charge in [-0.3, -0.25) is 9.59 Å². The van der Waals surface area contributed by atoms with Crippen LogP contribution in [-0.2, 0) is 14.3 Å². The van der Waals surface area contributed by atoms with E-state index in [-0.39, 0.29) is 11.8 Å². The average Bonchev–Trinajstić information content (AvgIpc) is 2.75.